The lowest BCUT2D eigenvalue weighted by atomic mass is 10.1. The summed E-state index contributed by atoms with van der Waals surface area (Å²) in [6, 6.07) is 6.12. The molecule has 2 aromatic rings. The summed E-state index contributed by atoms with van der Waals surface area (Å²) in [5.41, 5.74) is 0.574. The highest BCUT2D eigenvalue weighted by Gasteiger charge is 2.20. The second kappa shape index (κ2) is 6.93. The number of halogens is 1. The Morgan fingerprint density at radius 1 is 1.41 bits per heavy atom. The Balaban J connectivity index is 2.16. The van der Waals surface area contributed by atoms with Crippen LogP contribution in [-0.4, -0.2) is 25.9 Å². The van der Waals surface area contributed by atoms with E-state index >= 15 is 0 Å². The number of nitrogens with one attached hydrogen (secondary N) is 1. The number of nitro benzene ring substituents is 1. The van der Waals surface area contributed by atoms with Gasteiger partial charge in [-0.2, -0.15) is 0 Å². The van der Waals surface area contributed by atoms with E-state index in [1.807, 2.05) is 13.8 Å². The number of rotatable bonds is 5. The minimum absolute atomic E-state index is 0.0152. The van der Waals surface area contributed by atoms with Crippen LogP contribution >= 0.6 is 27.3 Å². The highest BCUT2D eigenvalue weighted by molar-refractivity contribution is 9.10. The SMILES string of the molecule is CC(C)[C@@H](Br)C(=O)Nc1nnc(-c2cccc([N+](=O)[O-])c2)s1. The minimum Gasteiger partial charge on any atom is -0.300 e. The first-order chi connectivity index (χ1) is 10.4. The number of carbonyl (C=O) groups is 1. The van der Waals surface area contributed by atoms with Crippen molar-refractivity contribution in [3.05, 3.63) is 34.4 Å². The molecule has 1 atom stereocenters. The number of aromatic nitrogens is 2. The maximum Gasteiger partial charge on any atom is 0.270 e. The molecular formula is C13H13BrN4O3S. The summed E-state index contributed by atoms with van der Waals surface area (Å²) in [7, 11) is 0. The quantitative estimate of drug-likeness (QED) is 0.483. The summed E-state index contributed by atoms with van der Waals surface area (Å²) in [4.78, 5) is 21.9. The number of anilines is 1. The van der Waals surface area contributed by atoms with Crippen molar-refractivity contribution in [3.8, 4) is 10.6 Å². The number of nitrogens with zero attached hydrogens (tertiary/aromatic N) is 3. The van der Waals surface area contributed by atoms with Gasteiger partial charge < -0.3 is 0 Å². The van der Waals surface area contributed by atoms with Crippen molar-refractivity contribution in [3.63, 3.8) is 0 Å². The van der Waals surface area contributed by atoms with Gasteiger partial charge in [-0.05, 0) is 5.92 Å². The van der Waals surface area contributed by atoms with E-state index in [4.69, 9.17) is 0 Å². The monoisotopic (exact) mass is 384 g/mol. The number of nitro groups is 1. The molecule has 22 heavy (non-hydrogen) atoms. The number of hydrogen-bond donors (Lipinski definition) is 1. The van der Waals surface area contributed by atoms with Gasteiger partial charge in [0.25, 0.3) is 5.69 Å². The van der Waals surface area contributed by atoms with Gasteiger partial charge in [0.15, 0.2) is 0 Å². The van der Waals surface area contributed by atoms with Gasteiger partial charge in [0.05, 0.1) is 9.75 Å². The van der Waals surface area contributed by atoms with Crippen LogP contribution in [0.1, 0.15) is 13.8 Å². The molecule has 0 radical (unpaired) electrons. The molecule has 1 amide bonds. The molecule has 0 unspecified atom stereocenters. The third-order valence-corrected chi connectivity index (χ3v) is 5.16. The van der Waals surface area contributed by atoms with Crippen LogP contribution in [0.2, 0.25) is 0 Å². The van der Waals surface area contributed by atoms with E-state index < -0.39 is 4.92 Å². The molecule has 0 saturated carbocycles. The Morgan fingerprint density at radius 2 is 2.14 bits per heavy atom. The topological polar surface area (TPSA) is 98.0 Å². The molecule has 0 spiro atoms. The van der Waals surface area contributed by atoms with Crippen LogP contribution in [0, 0.1) is 16.0 Å². The van der Waals surface area contributed by atoms with E-state index in [1.165, 1.54) is 23.5 Å². The molecule has 1 heterocycles. The molecule has 0 fully saturated rings. The van der Waals surface area contributed by atoms with E-state index in [-0.39, 0.29) is 22.3 Å². The Morgan fingerprint density at radius 3 is 2.77 bits per heavy atom. The van der Waals surface area contributed by atoms with Gasteiger partial charge in [0.1, 0.15) is 5.01 Å². The zero-order valence-corrected chi connectivity index (χ0v) is 14.2. The van der Waals surface area contributed by atoms with Crippen LogP contribution < -0.4 is 5.32 Å². The lowest BCUT2D eigenvalue weighted by Crippen LogP contribution is -2.26. The zero-order valence-electron chi connectivity index (χ0n) is 11.8. The van der Waals surface area contributed by atoms with E-state index in [1.54, 1.807) is 12.1 Å². The first-order valence-electron chi connectivity index (χ1n) is 6.41. The Labute approximate surface area is 139 Å². The fraction of sp³-hybridized carbons (Fsp3) is 0.308. The maximum atomic E-state index is 11.9. The second-order valence-corrected chi connectivity index (χ2v) is 6.82. The molecule has 2 rings (SSSR count). The van der Waals surface area contributed by atoms with Crippen molar-refractivity contribution in [1.29, 1.82) is 0 Å². The number of hydrogen-bond acceptors (Lipinski definition) is 6. The second-order valence-electron chi connectivity index (χ2n) is 4.85. The summed E-state index contributed by atoms with van der Waals surface area (Å²) in [5.74, 6) is -0.0547. The largest absolute Gasteiger partial charge is 0.300 e. The predicted molar refractivity (Wildman–Crippen MR) is 88.2 cm³/mol. The number of benzene rings is 1. The van der Waals surface area contributed by atoms with Gasteiger partial charge >= 0.3 is 0 Å². The average molecular weight is 385 g/mol. The van der Waals surface area contributed by atoms with Crippen LogP contribution in [0.5, 0.6) is 0 Å². The zero-order chi connectivity index (χ0) is 16.3. The van der Waals surface area contributed by atoms with E-state index in [0.717, 1.165) is 0 Å². The van der Waals surface area contributed by atoms with Gasteiger partial charge in [-0.3, -0.25) is 20.2 Å². The van der Waals surface area contributed by atoms with Crippen molar-refractivity contribution in [2.45, 2.75) is 18.7 Å². The number of alkyl halides is 1. The van der Waals surface area contributed by atoms with Gasteiger partial charge in [-0.25, -0.2) is 0 Å². The van der Waals surface area contributed by atoms with Crippen molar-refractivity contribution in [1.82, 2.24) is 10.2 Å². The molecule has 1 aromatic heterocycles. The summed E-state index contributed by atoms with van der Waals surface area (Å²) < 4.78 is 0. The lowest BCUT2D eigenvalue weighted by molar-refractivity contribution is -0.384. The van der Waals surface area contributed by atoms with Gasteiger partial charge in [-0.15, -0.1) is 10.2 Å². The molecular weight excluding hydrogens is 372 g/mol. The summed E-state index contributed by atoms with van der Waals surface area (Å²) in [6.07, 6.45) is 0. The predicted octanol–water partition coefficient (Wildman–Crippen LogP) is 3.47. The third-order valence-electron chi connectivity index (χ3n) is 2.79. The van der Waals surface area contributed by atoms with Crippen LogP contribution in [0.25, 0.3) is 10.6 Å². The molecule has 0 aliphatic rings. The molecule has 0 bridgehead atoms. The van der Waals surface area contributed by atoms with Gasteiger partial charge in [-0.1, -0.05) is 53.2 Å². The van der Waals surface area contributed by atoms with Crippen molar-refractivity contribution >= 4 is 44.0 Å². The van der Waals surface area contributed by atoms with Gasteiger partial charge in [0, 0.05) is 17.7 Å². The Kier molecular flexibility index (Phi) is 5.19. The highest BCUT2D eigenvalue weighted by atomic mass is 79.9. The van der Waals surface area contributed by atoms with Gasteiger partial charge in [0.2, 0.25) is 11.0 Å². The van der Waals surface area contributed by atoms with E-state index in [2.05, 4.69) is 31.4 Å². The first kappa shape index (κ1) is 16.5. The molecule has 7 nitrogen and oxygen atoms in total. The molecule has 0 aliphatic carbocycles. The van der Waals surface area contributed by atoms with E-state index in [0.29, 0.717) is 15.7 Å². The number of carbonyl (C=O) groups excluding carboxylic acids is 1. The first-order valence-corrected chi connectivity index (χ1v) is 8.15. The van der Waals surface area contributed by atoms with Crippen molar-refractivity contribution < 1.29 is 9.72 Å². The highest BCUT2D eigenvalue weighted by Crippen LogP contribution is 2.29. The molecule has 0 aliphatic heterocycles. The summed E-state index contributed by atoms with van der Waals surface area (Å²) in [5, 5.41) is 22.2. The van der Waals surface area contributed by atoms with Crippen LogP contribution in [0.4, 0.5) is 10.8 Å². The van der Waals surface area contributed by atoms with Crippen molar-refractivity contribution in [2.24, 2.45) is 5.92 Å². The summed E-state index contributed by atoms with van der Waals surface area (Å²) >= 11 is 4.48. The van der Waals surface area contributed by atoms with Crippen molar-refractivity contribution in [2.75, 3.05) is 5.32 Å². The Bertz CT molecular complexity index is 704. The normalized spacial score (nSPS) is 12.2. The van der Waals surface area contributed by atoms with E-state index in [9.17, 15) is 14.9 Å². The third kappa shape index (κ3) is 3.86. The fourth-order valence-corrected chi connectivity index (χ4v) is 2.48. The maximum absolute atomic E-state index is 11.9. The molecule has 0 saturated heterocycles. The standard InChI is InChI=1S/C13H13BrN4O3S/c1-7(2)10(14)11(19)15-13-17-16-12(22-13)8-4-3-5-9(6-8)18(20)21/h3-7,10H,1-2H3,(H,15,17,19)/t10-/m1/s1. The summed E-state index contributed by atoms with van der Waals surface area (Å²) in [6.45, 7) is 3.85. The Hall–Kier alpha value is -1.87. The van der Waals surface area contributed by atoms with Crippen LogP contribution in [0.15, 0.2) is 24.3 Å². The average Bonchev–Trinajstić information content (AvgIpc) is 2.94. The minimum atomic E-state index is -0.467. The molecule has 9 heteroatoms. The molecule has 1 aromatic carbocycles. The van der Waals surface area contributed by atoms with Crippen LogP contribution in [0.3, 0.4) is 0 Å². The smallest absolute Gasteiger partial charge is 0.270 e. The number of non-ortho nitro benzene ring substituents is 1. The lowest BCUT2D eigenvalue weighted by Gasteiger charge is -2.11. The number of amides is 1. The fourth-order valence-electron chi connectivity index (χ4n) is 1.62. The molecule has 116 valence electrons. The molecule has 1 N–H and O–H groups in total. The van der Waals surface area contributed by atoms with Crippen LogP contribution in [-0.2, 0) is 4.79 Å².